The first-order valence-corrected chi connectivity index (χ1v) is 10.8. The molecular weight excluding hydrogens is 376 g/mol. The monoisotopic (exact) mass is 402 g/mol. The van der Waals surface area contributed by atoms with Crippen LogP contribution in [0, 0.1) is 13.8 Å². The Balaban J connectivity index is 1.87. The van der Waals surface area contributed by atoms with Gasteiger partial charge < -0.3 is 9.64 Å². The lowest BCUT2D eigenvalue weighted by Gasteiger charge is -2.28. The van der Waals surface area contributed by atoms with Gasteiger partial charge in [-0.25, -0.2) is 8.42 Å². The Hall–Kier alpha value is -2.54. The summed E-state index contributed by atoms with van der Waals surface area (Å²) in [5.41, 5.74) is 4.18. The number of anilines is 1. The molecule has 0 aliphatic carbocycles. The number of nitrogens with zero attached hydrogens (tertiary/aromatic N) is 1. The lowest BCUT2D eigenvalue weighted by Crippen LogP contribution is -2.34. The number of hydrogen-bond acceptors (Lipinski definition) is 4. The van der Waals surface area contributed by atoms with Gasteiger partial charge in [-0.2, -0.15) is 0 Å². The van der Waals surface area contributed by atoms with E-state index in [1.54, 1.807) is 30.0 Å². The summed E-state index contributed by atoms with van der Waals surface area (Å²) in [4.78, 5) is 13.6. The van der Waals surface area contributed by atoms with Crippen molar-refractivity contribution in [3.05, 3.63) is 52.6 Å². The summed E-state index contributed by atoms with van der Waals surface area (Å²) in [5, 5.41) is 0. The molecule has 0 saturated heterocycles. The van der Waals surface area contributed by atoms with Crippen molar-refractivity contribution in [3.63, 3.8) is 0 Å². The molecule has 2 aromatic rings. The Labute approximate surface area is 166 Å². The number of carbonyl (C=O) groups excluding carboxylic acids is 1. The molecule has 7 heteroatoms. The van der Waals surface area contributed by atoms with E-state index in [4.69, 9.17) is 4.74 Å². The molecule has 0 atom stereocenters. The molecule has 2 aromatic carbocycles. The van der Waals surface area contributed by atoms with Crippen LogP contribution in [-0.2, 0) is 27.8 Å². The first-order valence-electron chi connectivity index (χ1n) is 9.35. The molecule has 1 N–H and O–H groups in total. The Morgan fingerprint density at radius 1 is 1.14 bits per heavy atom. The molecule has 0 radical (unpaired) electrons. The number of nitrogens with one attached hydrogen (secondary N) is 1. The van der Waals surface area contributed by atoms with Crippen molar-refractivity contribution in [2.45, 2.75) is 45.6 Å². The maximum absolute atomic E-state index is 12.9. The quantitative estimate of drug-likeness (QED) is 0.832. The molecule has 6 nitrogen and oxygen atoms in total. The summed E-state index contributed by atoms with van der Waals surface area (Å²) in [6.45, 7) is 8.85. The maximum Gasteiger partial charge on any atom is 0.261 e. The van der Waals surface area contributed by atoms with Crippen LogP contribution < -0.4 is 9.46 Å². The summed E-state index contributed by atoms with van der Waals surface area (Å²) in [6, 6.07) is 8.76. The highest BCUT2D eigenvalue weighted by Gasteiger charge is 2.21. The largest absolute Gasteiger partial charge is 0.493 e. The topological polar surface area (TPSA) is 75.7 Å². The number of benzene rings is 2. The van der Waals surface area contributed by atoms with Crippen LogP contribution in [0.2, 0.25) is 0 Å². The minimum absolute atomic E-state index is 0.0250. The lowest BCUT2D eigenvalue weighted by molar-refractivity contribution is -0.129. The van der Waals surface area contributed by atoms with Crippen molar-refractivity contribution in [1.82, 2.24) is 4.90 Å². The summed E-state index contributed by atoms with van der Waals surface area (Å²) in [5.74, 6) is 0.747. The van der Waals surface area contributed by atoms with E-state index in [-0.39, 0.29) is 10.8 Å². The summed E-state index contributed by atoms with van der Waals surface area (Å²) in [6.07, 6.45) is 0.777. The molecule has 1 aliphatic heterocycles. The van der Waals surface area contributed by atoms with Gasteiger partial charge in [0.2, 0.25) is 5.91 Å². The number of aryl methyl sites for hydroxylation is 2. The van der Waals surface area contributed by atoms with E-state index >= 15 is 0 Å². The van der Waals surface area contributed by atoms with Crippen LogP contribution >= 0.6 is 0 Å². The average molecular weight is 403 g/mol. The van der Waals surface area contributed by atoms with Crippen molar-refractivity contribution < 1.29 is 17.9 Å². The highest BCUT2D eigenvalue weighted by atomic mass is 32.2. The number of ether oxygens (including phenoxy) is 1. The van der Waals surface area contributed by atoms with E-state index in [1.807, 2.05) is 32.9 Å². The highest BCUT2D eigenvalue weighted by Crippen LogP contribution is 2.29. The number of sulfonamides is 1. The SMILES string of the molecule is CCOc1c(C)cc(S(=O)(=O)Nc2ccc3c(c2)CN(C(C)=O)CC3)cc1C. The zero-order valence-corrected chi connectivity index (χ0v) is 17.5. The van der Waals surface area contributed by atoms with E-state index in [0.29, 0.717) is 25.4 Å². The minimum Gasteiger partial charge on any atom is -0.493 e. The molecule has 0 saturated carbocycles. The molecule has 1 amide bonds. The Bertz CT molecular complexity index is 992. The zero-order chi connectivity index (χ0) is 20.5. The first kappa shape index (κ1) is 20.2. The molecule has 0 bridgehead atoms. The third kappa shape index (κ3) is 4.14. The maximum atomic E-state index is 12.9. The Morgan fingerprint density at radius 2 is 1.82 bits per heavy atom. The zero-order valence-electron chi connectivity index (χ0n) is 16.7. The normalized spacial score (nSPS) is 13.8. The fraction of sp³-hybridized carbons (Fsp3) is 0.381. The van der Waals surface area contributed by atoms with Gasteiger partial charge in [0.15, 0.2) is 0 Å². The molecule has 0 fully saturated rings. The second-order valence-electron chi connectivity index (χ2n) is 7.10. The molecule has 150 valence electrons. The predicted molar refractivity (Wildman–Crippen MR) is 109 cm³/mol. The molecule has 0 aromatic heterocycles. The van der Waals surface area contributed by atoms with Crippen LogP contribution in [-0.4, -0.2) is 32.4 Å². The van der Waals surface area contributed by atoms with Gasteiger partial charge in [0, 0.05) is 25.7 Å². The van der Waals surface area contributed by atoms with Crippen molar-refractivity contribution >= 4 is 21.6 Å². The fourth-order valence-corrected chi connectivity index (χ4v) is 4.76. The number of hydrogen-bond donors (Lipinski definition) is 1. The number of carbonyl (C=O) groups is 1. The van der Waals surface area contributed by atoms with Gasteiger partial charge >= 0.3 is 0 Å². The van der Waals surface area contributed by atoms with Gasteiger partial charge in [0.25, 0.3) is 10.0 Å². The summed E-state index contributed by atoms with van der Waals surface area (Å²) >= 11 is 0. The Kier molecular flexibility index (Phi) is 5.65. The number of amides is 1. The molecule has 0 spiro atoms. The minimum atomic E-state index is -3.73. The van der Waals surface area contributed by atoms with E-state index in [0.717, 1.165) is 34.4 Å². The van der Waals surface area contributed by atoms with E-state index in [9.17, 15) is 13.2 Å². The number of fused-ring (bicyclic) bond motifs is 1. The van der Waals surface area contributed by atoms with Gasteiger partial charge in [-0.05, 0) is 73.7 Å². The van der Waals surface area contributed by atoms with E-state index in [1.165, 1.54) is 0 Å². The lowest BCUT2D eigenvalue weighted by atomic mass is 9.99. The van der Waals surface area contributed by atoms with Gasteiger partial charge in [-0.3, -0.25) is 9.52 Å². The highest BCUT2D eigenvalue weighted by molar-refractivity contribution is 7.92. The smallest absolute Gasteiger partial charge is 0.261 e. The van der Waals surface area contributed by atoms with Gasteiger partial charge in [-0.15, -0.1) is 0 Å². The Morgan fingerprint density at radius 3 is 2.43 bits per heavy atom. The summed E-state index contributed by atoms with van der Waals surface area (Å²) in [7, 11) is -3.73. The summed E-state index contributed by atoms with van der Waals surface area (Å²) < 4.78 is 34.1. The van der Waals surface area contributed by atoms with Crippen LogP contribution in [0.3, 0.4) is 0 Å². The molecule has 3 rings (SSSR count). The average Bonchev–Trinajstić information content (AvgIpc) is 2.63. The van der Waals surface area contributed by atoms with E-state index in [2.05, 4.69) is 4.72 Å². The van der Waals surface area contributed by atoms with Crippen LogP contribution in [0.5, 0.6) is 5.75 Å². The second kappa shape index (κ2) is 7.83. The van der Waals surface area contributed by atoms with E-state index < -0.39 is 10.0 Å². The standard InChI is InChI=1S/C21H26N2O4S/c1-5-27-21-14(2)10-20(11-15(21)3)28(25,26)22-19-7-6-17-8-9-23(16(4)24)13-18(17)12-19/h6-7,10-12,22H,5,8-9,13H2,1-4H3. The van der Waals surface area contributed by atoms with Crippen molar-refractivity contribution in [1.29, 1.82) is 0 Å². The van der Waals surface area contributed by atoms with Crippen molar-refractivity contribution in [2.24, 2.45) is 0 Å². The van der Waals surface area contributed by atoms with Crippen molar-refractivity contribution in [2.75, 3.05) is 17.9 Å². The van der Waals surface area contributed by atoms with Crippen LogP contribution in [0.25, 0.3) is 0 Å². The first-order chi connectivity index (χ1) is 13.2. The third-order valence-corrected chi connectivity index (χ3v) is 6.31. The van der Waals surface area contributed by atoms with Gasteiger partial charge in [-0.1, -0.05) is 6.07 Å². The molecule has 28 heavy (non-hydrogen) atoms. The van der Waals surface area contributed by atoms with Crippen molar-refractivity contribution in [3.8, 4) is 5.75 Å². The van der Waals surface area contributed by atoms with Gasteiger partial charge in [0.1, 0.15) is 5.75 Å². The molecular formula is C21H26N2O4S. The fourth-order valence-electron chi connectivity index (χ4n) is 3.54. The second-order valence-corrected chi connectivity index (χ2v) is 8.78. The van der Waals surface area contributed by atoms with Crippen LogP contribution in [0.1, 0.15) is 36.1 Å². The number of rotatable bonds is 5. The van der Waals surface area contributed by atoms with Gasteiger partial charge in [0.05, 0.1) is 11.5 Å². The predicted octanol–water partition coefficient (Wildman–Crippen LogP) is 3.41. The molecule has 0 unspecified atom stereocenters. The van der Waals surface area contributed by atoms with Crippen LogP contribution in [0.15, 0.2) is 35.2 Å². The third-order valence-electron chi connectivity index (χ3n) is 4.95. The molecule has 1 aliphatic rings. The van der Waals surface area contributed by atoms with Crippen LogP contribution in [0.4, 0.5) is 5.69 Å². The molecule has 1 heterocycles.